The van der Waals surface area contributed by atoms with Gasteiger partial charge in [-0.05, 0) is 23.8 Å². The van der Waals surface area contributed by atoms with Crippen LogP contribution in [-0.2, 0) is 19.3 Å². The van der Waals surface area contributed by atoms with Crippen molar-refractivity contribution < 1.29 is 17.9 Å². The molecule has 0 saturated heterocycles. The van der Waals surface area contributed by atoms with Gasteiger partial charge < -0.3 is 10.5 Å². The van der Waals surface area contributed by atoms with Gasteiger partial charge >= 0.3 is 6.18 Å². The van der Waals surface area contributed by atoms with E-state index in [9.17, 15) is 13.2 Å². The Labute approximate surface area is 124 Å². The zero-order chi connectivity index (χ0) is 15.5. The molecular weight excluding hydrogens is 305 g/mol. The first-order valence-corrected chi connectivity index (χ1v) is 6.41. The largest absolute Gasteiger partial charge is 0.488 e. The number of aromatic nitrogens is 1. The predicted octanol–water partition coefficient (Wildman–Crippen LogP) is 3.79. The van der Waals surface area contributed by atoms with Gasteiger partial charge in [0.2, 0.25) is 0 Å². The van der Waals surface area contributed by atoms with E-state index < -0.39 is 11.7 Å². The van der Waals surface area contributed by atoms with Gasteiger partial charge in [0, 0.05) is 24.5 Å². The van der Waals surface area contributed by atoms with Gasteiger partial charge in [-0.3, -0.25) is 4.98 Å². The fraction of sp³-hybridized carbons (Fsp3) is 0.214. The first-order valence-electron chi connectivity index (χ1n) is 6.03. The molecule has 2 N–H and O–H groups in total. The van der Waals surface area contributed by atoms with E-state index in [4.69, 9.17) is 22.1 Å². The summed E-state index contributed by atoms with van der Waals surface area (Å²) in [6.45, 7) is -0.0497. The first kappa shape index (κ1) is 15.6. The van der Waals surface area contributed by atoms with Crippen LogP contribution in [0.15, 0.2) is 36.7 Å². The van der Waals surface area contributed by atoms with Gasteiger partial charge in [-0.1, -0.05) is 17.7 Å². The Bertz CT molecular complexity index is 632. The van der Waals surface area contributed by atoms with Crippen molar-refractivity contribution in [3.63, 3.8) is 0 Å². The normalized spacial score (nSPS) is 11.5. The molecule has 2 aromatic rings. The Kier molecular flexibility index (Phi) is 4.69. The van der Waals surface area contributed by atoms with Crippen molar-refractivity contribution in [2.45, 2.75) is 19.3 Å². The summed E-state index contributed by atoms with van der Waals surface area (Å²) < 4.78 is 44.3. The highest BCUT2D eigenvalue weighted by atomic mass is 35.5. The summed E-state index contributed by atoms with van der Waals surface area (Å²) >= 11 is 5.89. The van der Waals surface area contributed by atoms with Gasteiger partial charge in [0.25, 0.3) is 0 Å². The van der Waals surface area contributed by atoms with E-state index in [1.54, 1.807) is 6.07 Å². The molecule has 0 fully saturated rings. The molecule has 2 rings (SSSR count). The van der Waals surface area contributed by atoms with Crippen LogP contribution < -0.4 is 10.5 Å². The van der Waals surface area contributed by atoms with Gasteiger partial charge in [0.1, 0.15) is 12.4 Å². The lowest BCUT2D eigenvalue weighted by atomic mass is 10.1. The maximum absolute atomic E-state index is 13.0. The Hall–Kier alpha value is -1.79. The lowest BCUT2D eigenvalue weighted by Gasteiger charge is -2.15. The molecule has 0 radical (unpaired) electrons. The number of hydrogen-bond acceptors (Lipinski definition) is 3. The smallest absolute Gasteiger partial charge is 0.419 e. The van der Waals surface area contributed by atoms with Crippen LogP contribution in [-0.4, -0.2) is 4.98 Å². The summed E-state index contributed by atoms with van der Waals surface area (Å²) in [6, 6.07) is 5.34. The third-order valence-corrected chi connectivity index (χ3v) is 3.17. The third kappa shape index (κ3) is 3.86. The molecule has 0 aliphatic carbocycles. The van der Waals surface area contributed by atoms with Gasteiger partial charge in [0.05, 0.1) is 10.6 Å². The van der Waals surface area contributed by atoms with E-state index in [1.807, 2.05) is 0 Å². The van der Waals surface area contributed by atoms with Crippen LogP contribution >= 0.6 is 11.6 Å². The van der Waals surface area contributed by atoms with Crippen molar-refractivity contribution in [1.29, 1.82) is 0 Å². The molecule has 0 bridgehead atoms. The van der Waals surface area contributed by atoms with E-state index in [-0.39, 0.29) is 18.9 Å². The van der Waals surface area contributed by atoms with Crippen molar-refractivity contribution in [2.75, 3.05) is 0 Å². The molecule has 1 aromatic carbocycles. The SMILES string of the molecule is NCc1ccc(OCc2ccncc2Cl)c(C(F)(F)F)c1. The van der Waals surface area contributed by atoms with Crippen LogP contribution in [0.1, 0.15) is 16.7 Å². The third-order valence-electron chi connectivity index (χ3n) is 2.82. The summed E-state index contributed by atoms with van der Waals surface area (Å²) in [4.78, 5) is 3.80. The highest BCUT2D eigenvalue weighted by Crippen LogP contribution is 2.37. The maximum atomic E-state index is 13.0. The standard InChI is InChI=1S/C14H12ClF3N2O/c15-12-7-20-4-3-10(12)8-21-13-2-1-9(6-19)5-11(13)14(16,17)18/h1-5,7H,6,8,19H2. The molecule has 112 valence electrons. The fourth-order valence-electron chi connectivity index (χ4n) is 1.73. The molecule has 1 heterocycles. The number of alkyl halides is 3. The second kappa shape index (κ2) is 6.32. The number of rotatable bonds is 4. The zero-order valence-electron chi connectivity index (χ0n) is 10.8. The second-order valence-corrected chi connectivity index (χ2v) is 4.70. The van der Waals surface area contributed by atoms with Gasteiger partial charge in [-0.25, -0.2) is 0 Å². The van der Waals surface area contributed by atoms with Crippen LogP contribution in [0.3, 0.4) is 0 Å². The molecule has 0 aliphatic rings. The van der Waals surface area contributed by atoms with Crippen molar-refractivity contribution in [2.24, 2.45) is 5.73 Å². The quantitative estimate of drug-likeness (QED) is 0.933. The molecule has 0 atom stereocenters. The number of hydrogen-bond donors (Lipinski definition) is 1. The lowest BCUT2D eigenvalue weighted by molar-refractivity contribution is -0.139. The molecule has 0 aliphatic heterocycles. The monoisotopic (exact) mass is 316 g/mol. The van der Waals surface area contributed by atoms with Gasteiger partial charge in [-0.15, -0.1) is 0 Å². The molecule has 1 aromatic heterocycles. The topological polar surface area (TPSA) is 48.1 Å². The van der Waals surface area contributed by atoms with Crippen LogP contribution in [0.4, 0.5) is 13.2 Å². The van der Waals surface area contributed by atoms with Crippen molar-refractivity contribution in [1.82, 2.24) is 4.98 Å². The summed E-state index contributed by atoms with van der Waals surface area (Å²) in [5, 5.41) is 0.338. The fourth-order valence-corrected chi connectivity index (χ4v) is 1.90. The molecule has 21 heavy (non-hydrogen) atoms. The summed E-state index contributed by atoms with van der Waals surface area (Å²) in [5.41, 5.74) is 5.46. The second-order valence-electron chi connectivity index (χ2n) is 4.29. The predicted molar refractivity (Wildman–Crippen MR) is 72.9 cm³/mol. The number of pyridine rings is 1. The number of nitrogens with zero attached hydrogens (tertiary/aromatic N) is 1. The minimum Gasteiger partial charge on any atom is -0.488 e. The molecule has 3 nitrogen and oxygen atoms in total. The average Bonchev–Trinajstić information content (AvgIpc) is 2.45. The number of ether oxygens (including phenoxy) is 1. The lowest BCUT2D eigenvalue weighted by Crippen LogP contribution is -2.10. The van der Waals surface area contributed by atoms with Crippen LogP contribution in [0.25, 0.3) is 0 Å². The van der Waals surface area contributed by atoms with E-state index in [1.165, 1.54) is 24.5 Å². The highest BCUT2D eigenvalue weighted by molar-refractivity contribution is 6.31. The Balaban J connectivity index is 2.26. The average molecular weight is 317 g/mol. The zero-order valence-corrected chi connectivity index (χ0v) is 11.6. The Morgan fingerprint density at radius 1 is 1.24 bits per heavy atom. The summed E-state index contributed by atoms with van der Waals surface area (Å²) in [6.07, 6.45) is -1.61. The number of halogens is 4. The van der Waals surface area contributed by atoms with Gasteiger partial charge in [-0.2, -0.15) is 13.2 Å². The van der Waals surface area contributed by atoms with Crippen molar-refractivity contribution >= 4 is 11.6 Å². The molecular formula is C14H12ClF3N2O. The summed E-state index contributed by atoms with van der Waals surface area (Å²) in [5.74, 6) is -0.257. The van der Waals surface area contributed by atoms with Crippen LogP contribution in [0, 0.1) is 0 Å². The highest BCUT2D eigenvalue weighted by Gasteiger charge is 2.34. The van der Waals surface area contributed by atoms with E-state index in [0.29, 0.717) is 16.1 Å². The van der Waals surface area contributed by atoms with E-state index in [0.717, 1.165) is 6.07 Å². The minimum atomic E-state index is -4.51. The van der Waals surface area contributed by atoms with Crippen LogP contribution in [0.5, 0.6) is 5.75 Å². The molecule has 0 unspecified atom stereocenters. The van der Waals surface area contributed by atoms with E-state index >= 15 is 0 Å². The molecule has 0 amide bonds. The number of benzene rings is 1. The Morgan fingerprint density at radius 3 is 2.62 bits per heavy atom. The number of nitrogens with two attached hydrogens (primary N) is 1. The summed E-state index contributed by atoms with van der Waals surface area (Å²) in [7, 11) is 0. The molecule has 0 spiro atoms. The van der Waals surface area contributed by atoms with E-state index in [2.05, 4.69) is 4.98 Å². The van der Waals surface area contributed by atoms with Crippen molar-refractivity contribution in [3.05, 3.63) is 58.4 Å². The Morgan fingerprint density at radius 2 is 2.00 bits per heavy atom. The first-order chi connectivity index (χ1) is 9.91. The maximum Gasteiger partial charge on any atom is 0.419 e. The van der Waals surface area contributed by atoms with Crippen LogP contribution in [0.2, 0.25) is 5.02 Å². The molecule has 0 saturated carbocycles. The minimum absolute atomic E-state index is 0.0273. The van der Waals surface area contributed by atoms with Gasteiger partial charge in [0.15, 0.2) is 0 Å². The molecule has 7 heteroatoms. The van der Waals surface area contributed by atoms with Crippen molar-refractivity contribution in [3.8, 4) is 5.75 Å².